The lowest BCUT2D eigenvalue weighted by Crippen LogP contribution is -2.37. The predicted molar refractivity (Wildman–Crippen MR) is 53.3 cm³/mol. The van der Waals surface area contributed by atoms with E-state index in [4.69, 9.17) is 10.8 Å². The molecule has 12 heavy (non-hydrogen) atoms. The molecule has 0 bridgehead atoms. The Morgan fingerprint density at radius 3 is 2.00 bits per heavy atom. The van der Waals surface area contributed by atoms with Crippen LogP contribution in [0.4, 0.5) is 0 Å². The van der Waals surface area contributed by atoms with E-state index < -0.39 is 12.0 Å². The van der Waals surface area contributed by atoms with Gasteiger partial charge in [-0.25, -0.2) is 0 Å². The first-order valence-corrected chi connectivity index (χ1v) is 3.19. The van der Waals surface area contributed by atoms with Crippen molar-refractivity contribution in [3.05, 3.63) is 0 Å². The van der Waals surface area contributed by atoms with Crippen LogP contribution in [0.25, 0.3) is 0 Å². The van der Waals surface area contributed by atoms with Crippen LogP contribution in [-0.2, 0) is 4.79 Å². The molecule has 4 nitrogen and oxygen atoms in total. The minimum Gasteiger partial charge on any atom is -0.480 e. The number of carboxylic acid groups (broad SMARTS) is 1. The van der Waals surface area contributed by atoms with Crippen LogP contribution in [0.2, 0.25) is 0 Å². The summed E-state index contributed by atoms with van der Waals surface area (Å²) in [5.74, 6) is -0.810. The topological polar surface area (TPSA) is 66.6 Å². The molecule has 0 rings (SSSR count). The summed E-state index contributed by atoms with van der Waals surface area (Å²) in [6.45, 7) is 0.412. The number of nitrogens with two attached hydrogens (primary N) is 1. The minimum atomic E-state index is -0.810. The minimum absolute atomic E-state index is 0. The van der Waals surface area contributed by atoms with Crippen LogP contribution in [0.15, 0.2) is 0 Å². The Kier molecular flexibility index (Phi) is 13.5. The van der Waals surface area contributed by atoms with Crippen LogP contribution in [0.1, 0.15) is 6.42 Å². The van der Waals surface area contributed by atoms with E-state index in [1.54, 1.807) is 19.0 Å². The normalized spacial score (nSPS) is 11.3. The fourth-order valence-electron chi connectivity index (χ4n) is 0.760. The molecule has 0 saturated heterocycles. The summed E-state index contributed by atoms with van der Waals surface area (Å²) in [6.07, 6.45) is 0.502. The van der Waals surface area contributed by atoms with Crippen LogP contribution >= 0.6 is 24.8 Å². The third-order valence-electron chi connectivity index (χ3n) is 1.35. The van der Waals surface area contributed by atoms with Crippen molar-refractivity contribution in [2.24, 2.45) is 5.73 Å². The van der Waals surface area contributed by atoms with E-state index in [-0.39, 0.29) is 24.8 Å². The van der Waals surface area contributed by atoms with Gasteiger partial charge in [0.2, 0.25) is 0 Å². The second kappa shape index (κ2) is 9.06. The van der Waals surface area contributed by atoms with Gasteiger partial charge in [0.25, 0.3) is 0 Å². The monoisotopic (exact) mass is 218 g/mol. The van der Waals surface area contributed by atoms with Crippen LogP contribution in [0.5, 0.6) is 0 Å². The summed E-state index contributed by atoms with van der Waals surface area (Å²) >= 11 is 0. The zero-order chi connectivity index (χ0) is 8.15. The van der Waals surface area contributed by atoms with E-state index in [1.807, 2.05) is 0 Å². The van der Waals surface area contributed by atoms with E-state index in [1.165, 1.54) is 0 Å². The van der Waals surface area contributed by atoms with Crippen molar-refractivity contribution in [1.29, 1.82) is 0 Å². The Morgan fingerprint density at radius 1 is 1.50 bits per heavy atom. The first-order chi connectivity index (χ1) is 4.59. The molecular formula is C6H16Cl2N2O2. The van der Waals surface area contributed by atoms with Gasteiger partial charge in [-0.05, 0) is 27.1 Å². The Hall–Kier alpha value is -0.0300. The van der Waals surface area contributed by atoms with E-state index >= 15 is 0 Å². The van der Waals surface area contributed by atoms with Crippen LogP contribution < -0.4 is 5.73 Å². The van der Waals surface area contributed by atoms with Crippen LogP contribution in [0.3, 0.4) is 0 Å². The third kappa shape index (κ3) is 6.67. The molecule has 0 aromatic heterocycles. The number of hydrogen-bond acceptors (Lipinski definition) is 3. The van der Waals surface area contributed by atoms with Gasteiger partial charge >= 0.3 is 5.97 Å². The molecule has 1 atom stereocenters. The standard InChI is InChI=1S/C6H14N2O2.2ClH/c1-8(2)5(3-4-7)6(9)10;;/h5H,3-4,7H2,1-2H3,(H,9,10);2*1H/t5-;;/m0../s1. The molecule has 0 unspecified atom stereocenters. The predicted octanol–water partition coefficient (Wildman–Crippen LogP) is 0.194. The smallest absolute Gasteiger partial charge is 0.320 e. The van der Waals surface area contributed by atoms with Gasteiger partial charge in [0, 0.05) is 0 Å². The molecule has 0 aliphatic heterocycles. The molecule has 0 fully saturated rings. The largest absolute Gasteiger partial charge is 0.480 e. The number of nitrogens with zero attached hydrogens (tertiary/aromatic N) is 1. The summed E-state index contributed by atoms with van der Waals surface area (Å²) in [4.78, 5) is 12.1. The number of hydrogen-bond donors (Lipinski definition) is 2. The Labute approximate surface area is 84.9 Å². The molecule has 0 amide bonds. The SMILES string of the molecule is CN(C)[C@@H](CCN)C(=O)O.Cl.Cl. The lowest BCUT2D eigenvalue weighted by atomic mass is 10.2. The molecular weight excluding hydrogens is 203 g/mol. The summed E-state index contributed by atoms with van der Waals surface area (Å²) < 4.78 is 0. The average molecular weight is 219 g/mol. The third-order valence-corrected chi connectivity index (χ3v) is 1.35. The average Bonchev–Trinajstić information content (AvgIpc) is 1.81. The molecule has 6 heteroatoms. The van der Waals surface area contributed by atoms with Gasteiger partial charge in [-0.1, -0.05) is 0 Å². The van der Waals surface area contributed by atoms with Crippen molar-refractivity contribution < 1.29 is 9.90 Å². The van der Waals surface area contributed by atoms with Gasteiger partial charge in [0.1, 0.15) is 6.04 Å². The van der Waals surface area contributed by atoms with Gasteiger partial charge in [-0.2, -0.15) is 0 Å². The lowest BCUT2D eigenvalue weighted by Gasteiger charge is -2.18. The van der Waals surface area contributed by atoms with Gasteiger partial charge in [-0.3, -0.25) is 9.69 Å². The Balaban J connectivity index is -0.000000405. The first kappa shape index (κ1) is 17.9. The highest BCUT2D eigenvalue weighted by Gasteiger charge is 2.17. The highest BCUT2D eigenvalue weighted by molar-refractivity contribution is 5.85. The molecule has 0 saturated carbocycles. The van der Waals surface area contributed by atoms with E-state index in [9.17, 15) is 4.79 Å². The second-order valence-corrected chi connectivity index (χ2v) is 2.39. The maximum atomic E-state index is 10.4. The van der Waals surface area contributed by atoms with E-state index in [0.717, 1.165) is 0 Å². The first-order valence-electron chi connectivity index (χ1n) is 3.19. The number of rotatable bonds is 4. The summed E-state index contributed by atoms with van der Waals surface area (Å²) in [5, 5.41) is 8.58. The quantitative estimate of drug-likeness (QED) is 0.708. The van der Waals surface area contributed by atoms with Gasteiger partial charge < -0.3 is 10.8 Å². The molecule has 0 aromatic rings. The molecule has 0 spiro atoms. The summed E-state index contributed by atoms with van der Waals surface area (Å²) in [5.41, 5.74) is 5.22. The Bertz CT molecular complexity index is 122. The fraction of sp³-hybridized carbons (Fsp3) is 0.833. The van der Waals surface area contributed by atoms with Crippen molar-refractivity contribution in [3.63, 3.8) is 0 Å². The summed E-state index contributed by atoms with van der Waals surface area (Å²) in [6, 6.07) is -0.440. The number of halogens is 2. The molecule has 0 heterocycles. The number of carbonyl (C=O) groups is 1. The highest BCUT2D eigenvalue weighted by atomic mass is 35.5. The molecule has 0 radical (unpaired) electrons. The number of aliphatic carboxylic acids is 1. The van der Waals surface area contributed by atoms with Crippen molar-refractivity contribution in [3.8, 4) is 0 Å². The number of carboxylic acids is 1. The van der Waals surface area contributed by atoms with Crippen LogP contribution in [0, 0.1) is 0 Å². The maximum Gasteiger partial charge on any atom is 0.320 e. The fourth-order valence-corrected chi connectivity index (χ4v) is 0.760. The van der Waals surface area contributed by atoms with Crippen LogP contribution in [-0.4, -0.2) is 42.7 Å². The van der Waals surface area contributed by atoms with Crippen molar-refractivity contribution in [2.75, 3.05) is 20.6 Å². The highest BCUT2D eigenvalue weighted by Crippen LogP contribution is 1.97. The molecule has 3 N–H and O–H groups in total. The molecule has 0 aliphatic carbocycles. The zero-order valence-electron chi connectivity index (χ0n) is 7.19. The zero-order valence-corrected chi connectivity index (χ0v) is 8.82. The molecule has 0 aliphatic rings. The molecule has 0 aromatic carbocycles. The van der Waals surface area contributed by atoms with E-state index in [0.29, 0.717) is 13.0 Å². The van der Waals surface area contributed by atoms with E-state index in [2.05, 4.69) is 0 Å². The van der Waals surface area contributed by atoms with Crippen molar-refractivity contribution in [1.82, 2.24) is 4.90 Å². The lowest BCUT2D eigenvalue weighted by molar-refractivity contribution is -0.142. The number of likely N-dealkylation sites (N-methyl/N-ethyl adjacent to an activating group) is 1. The van der Waals surface area contributed by atoms with Gasteiger partial charge in [0.15, 0.2) is 0 Å². The maximum absolute atomic E-state index is 10.4. The van der Waals surface area contributed by atoms with Gasteiger partial charge in [-0.15, -0.1) is 24.8 Å². The summed E-state index contributed by atoms with van der Waals surface area (Å²) in [7, 11) is 3.46. The molecule has 76 valence electrons. The van der Waals surface area contributed by atoms with Crippen molar-refractivity contribution >= 4 is 30.8 Å². The second-order valence-electron chi connectivity index (χ2n) is 2.39. The van der Waals surface area contributed by atoms with Crippen molar-refractivity contribution in [2.45, 2.75) is 12.5 Å². The van der Waals surface area contributed by atoms with Gasteiger partial charge in [0.05, 0.1) is 0 Å². The Morgan fingerprint density at radius 2 is 1.92 bits per heavy atom.